The first kappa shape index (κ1) is 28.2. The molecule has 2 heterocycles. The number of hydrogen-bond donors (Lipinski definition) is 5. The van der Waals surface area contributed by atoms with Gasteiger partial charge < -0.3 is 31.4 Å². The Bertz CT molecular complexity index is 1050. The van der Waals surface area contributed by atoms with Gasteiger partial charge in [-0.1, -0.05) is 30.3 Å². The average molecular weight is 531 g/mol. The summed E-state index contributed by atoms with van der Waals surface area (Å²) in [5, 5.41) is 15.0. The third kappa shape index (κ3) is 8.05. The van der Waals surface area contributed by atoms with Crippen LogP contribution in [0, 0.1) is 0 Å². The van der Waals surface area contributed by atoms with Crippen LogP contribution in [0.5, 0.6) is 0 Å². The summed E-state index contributed by atoms with van der Waals surface area (Å²) in [7, 11) is 0. The zero-order valence-corrected chi connectivity index (χ0v) is 21.6. The van der Waals surface area contributed by atoms with Crippen LogP contribution in [0.3, 0.4) is 0 Å². The maximum Gasteiger partial charge on any atom is 0.326 e. The zero-order chi connectivity index (χ0) is 26.8. The maximum atomic E-state index is 13.2. The van der Waals surface area contributed by atoms with E-state index in [4.69, 9.17) is 5.73 Å². The number of carboxylic acid groups (broad SMARTS) is 1. The van der Waals surface area contributed by atoms with Gasteiger partial charge in [0.1, 0.15) is 18.1 Å². The van der Waals surface area contributed by atoms with E-state index in [0.29, 0.717) is 31.6 Å². The number of rotatable bonds is 13. The fourth-order valence-electron chi connectivity index (χ4n) is 4.33. The number of hydrogen-bond acceptors (Lipinski definition) is 7. The van der Waals surface area contributed by atoms with E-state index in [2.05, 4.69) is 20.6 Å². The topological polar surface area (TPSA) is 171 Å². The lowest BCUT2D eigenvalue weighted by atomic mass is 10.0. The van der Waals surface area contributed by atoms with E-state index in [1.807, 2.05) is 12.3 Å². The fraction of sp³-hybridized carbons (Fsp3) is 0.480. The number of nitrogens with two attached hydrogens (primary N) is 1. The van der Waals surface area contributed by atoms with Crippen LogP contribution in [0.2, 0.25) is 0 Å². The van der Waals surface area contributed by atoms with Crippen LogP contribution in [0.1, 0.15) is 30.5 Å². The number of amides is 3. The largest absolute Gasteiger partial charge is 0.480 e. The van der Waals surface area contributed by atoms with Gasteiger partial charge in [-0.15, -0.1) is 0 Å². The average Bonchev–Trinajstić information content (AvgIpc) is 3.58. The fourth-order valence-corrected chi connectivity index (χ4v) is 4.80. The van der Waals surface area contributed by atoms with Gasteiger partial charge in [0.2, 0.25) is 17.7 Å². The molecule has 2 aromatic rings. The predicted octanol–water partition coefficient (Wildman–Crippen LogP) is 0.321. The lowest BCUT2D eigenvalue weighted by molar-refractivity contribution is -0.143. The van der Waals surface area contributed by atoms with Crippen LogP contribution in [-0.4, -0.2) is 86.4 Å². The van der Waals surface area contributed by atoms with E-state index < -0.39 is 42.0 Å². The lowest BCUT2D eigenvalue weighted by Gasteiger charge is -2.28. The number of aromatic nitrogens is 2. The number of carbonyl (C=O) groups excluding carboxylic acids is 3. The number of carboxylic acids is 1. The van der Waals surface area contributed by atoms with Gasteiger partial charge in [-0.3, -0.25) is 14.4 Å². The number of nitrogens with zero attached hydrogens (tertiary/aromatic N) is 2. The van der Waals surface area contributed by atoms with Crippen LogP contribution in [0.25, 0.3) is 0 Å². The molecule has 11 nitrogen and oxygen atoms in total. The quantitative estimate of drug-likeness (QED) is 0.246. The molecule has 4 atom stereocenters. The summed E-state index contributed by atoms with van der Waals surface area (Å²) in [6.45, 7) is 0.396. The molecule has 0 spiro atoms. The van der Waals surface area contributed by atoms with Gasteiger partial charge in [0.15, 0.2) is 0 Å². The summed E-state index contributed by atoms with van der Waals surface area (Å²) in [4.78, 5) is 59.5. The minimum Gasteiger partial charge on any atom is -0.480 e. The van der Waals surface area contributed by atoms with E-state index in [1.54, 1.807) is 30.5 Å². The van der Waals surface area contributed by atoms with Crippen molar-refractivity contribution in [2.45, 2.75) is 56.3 Å². The Hall–Kier alpha value is -3.38. The number of likely N-dealkylation sites (tertiary alicyclic amines) is 1. The number of nitrogens with one attached hydrogen (secondary N) is 3. The molecule has 0 aliphatic carbocycles. The van der Waals surface area contributed by atoms with Gasteiger partial charge in [-0.25, -0.2) is 9.78 Å². The van der Waals surface area contributed by atoms with Crippen LogP contribution >= 0.6 is 11.8 Å². The van der Waals surface area contributed by atoms with Crippen LogP contribution in [-0.2, 0) is 32.0 Å². The highest BCUT2D eigenvalue weighted by Crippen LogP contribution is 2.19. The summed E-state index contributed by atoms with van der Waals surface area (Å²) < 4.78 is 0. The summed E-state index contributed by atoms with van der Waals surface area (Å²) in [6.07, 6.45) is 6.77. The SMILES string of the molecule is CSCCC(NC(=O)C1CCCN1C(=O)C(N)Cc1cnc[nH]1)C(=O)NC(Cc1ccccc1)C(=O)O. The number of H-pyrrole nitrogens is 1. The number of carbonyl (C=O) groups is 4. The zero-order valence-electron chi connectivity index (χ0n) is 20.8. The van der Waals surface area contributed by atoms with Crippen molar-refractivity contribution in [3.63, 3.8) is 0 Å². The predicted molar refractivity (Wildman–Crippen MR) is 140 cm³/mol. The molecule has 37 heavy (non-hydrogen) atoms. The van der Waals surface area contributed by atoms with Crippen molar-refractivity contribution in [2.75, 3.05) is 18.6 Å². The normalized spacial score (nSPS) is 17.6. The Labute approximate surface area is 220 Å². The Balaban J connectivity index is 1.65. The van der Waals surface area contributed by atoms with Gasteiger partial charge in [-0.05, 0) is 36.8 Å². The lowest BCUT2D eigenvalue weighted by Crippen LogP contribution is -2.57. The molecule has 1 aromatic carbocycles. The Morgan fingerprint density at radius 1 is 1.19 bits per heavy atom. The standard InChI is InChI=1S/C25H34N6O5S/c1-37-11-9-19(22(32)30-20(25(35)36)12-16-6-3-2-4-7-16)29-23(33)21-8-5-10-31(21)24(34)18(26)13-17-14-27-15-28-17/h2-4,6-7,14-15,18-21H,5,8-13,26H2,1H3,(H,27,28)(H,29,33)(H,30,32)(H,35,36). The Morgan fingerprint density at radius 2 is 1.95 bits per heavy atom. The Morgan fingerprint density at radius 3 is 2.59 bits per heavy atom. The molecule has 1 saturated heterocycles. The summed E-state index contributed by atoms with van der Waals surface area (Å²) in [5.41, 5.74) is 7.61. The van der Waals surface area contributed by atoms with Crippen molar-refractivity contribution < 1.29 is 24.3 Å². The number of imidazole rings is 1. The first-order valence-electron chi connectivity index (χ1n) is 12.2. The molecule has 0 bridgehead atoms. The van der Waals surface area contributed by atoms with E-state index in [-0.39, 0.29) is 18.7 Å². The smallest absolute Gasteiger partial charge is 0.326 e. The highest BCUT2D eigenvalue weighted by atomic mass is 32.2. The van der Waals surface area contributed by atoms with E-state index >= 15 is 0 Å². The van der Waals surface area contributed by atoms with Crippen molar-refractivity contribution in [2.24, 2.45) is 5.73 Å². The van der Waals surface area contributed by atoms with Crippen molar-refractivity contribution >= 4 is 35.5 Å². The molecular formula is C25H34N6O5S. The highest BCUT2D eigenvalue weighted by molar-refractivity contribution is 7.98. The van der Waals surface area contributed by atoms with Gasteiger partial charge >= 0.3 is 5.97 Å². The van der Waals surface area contributed by atoms with Crippen molar-refractivity contribution in [1.29, 1.82) is 0 Å². The first-order chi connectivity index (χ1) is 17.8. The van der Waals surface area contributed by atoms with Gasteiger partial charge in [0.25, 0.3) is 0 Å². The summed E-state index contributed by atoms with van der Waals surface area (Å²) in [5.74, 6) is -1.94. The minimum absolute atomic E-state index is 0.115. The number of aromatic amines is 1. The third-order valence-electron chi connectivity index (χ3n) is 6.29. The van der Waals surface area contributed by atoms with Gasteiger partial charge in [0, 0.05) is 31.3 Å². The molecule has 1 aliphatic rings. The molecule has 0 radical (unpaired) electrons. The molecule has 6 N–H and O–H groups in total. The van der Waals surface area contributed by atoms with Crippen molar-refractivity contribution in [3.8, 4) is 0 Å². The van der Waals surface area contributed by atoms with Crippen LogP contribution in [0.4, 0.5) is 0 Å². The van der Waals surface area contributed by atoms with E-state index in [0.717, 1.165) is 11.3 Å². The van der Waals surface area contributed by atoms with Crippen LogP contribution in [0.15, 0.2) is 42.9 Å². The van der Waals surface area contributed by atoms with Gasteiger partial charge in [-0.2, -0.15) is 11.8 Å². The monoisotopic (exact) mass is 530 g/mol. The van der Waals surface area contributed by atoms with Gasteiger partial charge in [0.05, 0.1) is 12.4 Å². The highest BCUT2D eigenvalue weighted by Gasteiger charge is 2.38. The molecule has 1 fully saturated rings. The summed E-state index contributed by atoms with van der Waals surface area (Å²) >= 11 is 1.51. The van der Waals surface area contributed by atoms with Crippen LogP contribution < -0.4 is 16.4 Å². The second-order valence-corrected chi connectivity index (χ2v) is 9.99. The molecule has 3 amide bonds. The number of benzene rings is 1. The molecule has 1 aromatic heterocycles. The molecule has 1 aliphatic heterocycles. The van der Waals surface area contributed by atoms with E-state index in [1.165, 1.54) is 23.0 Å². The van der Waals surface area contributed by atoms with E-state index in [9.17, 15) is 24.3 Å². The maximum absolute atomic E-state index is 13.2. The molecule has 4 unspecified atom stereocenters. The minimum atomic E-state index is -1.16. The Kier molecular flexibility index (Phi) is 10.5. The number of aliphatic carboxylic acids is 1. The molecular weight excluding hydrogens is 496 g/mol. The second kappa shape index (κ2) is 13.8. The third-order valence-corrected chi connectivity index (χ3v) is 6.94. The van der Waals surface area contributed by atoms with Crippen molar-refractivity contribution in [1.82, 2.24) is 25.5 Å². The second-order valence-electron chi connectivity index (χ2n) is 9.01. The molecule has 12 heteroatoms. The number of thioether (sulfide) groups is 1. The molecule has 200 valence electrons. The first-order valence-corrected chi connectivity index (χ1v) is 13.6. The molecule has 0 saturated carbocycles. The molecule has 3 rings (SSSR count). The summed E-state index contributed by atoms with van der Waals surface area (Å²) in [6, 6.07) is 5.34. The van der Waals surface area contributed by atoms with Crippen molar-refractivity contribution in [3.05, 3.63) is 54.1 Å².